The van der Waals surface area contributed by atoms with Crippen molar-refractivity contribution in [3.63, 3.8) is 0 Å². The predicted molar refractivity (Wildman–Crippen MR) is 62.4 cm³/mol. The molecule has 1 atom stereocenters. The van der Waals surface area contributed by atoms with E-state index in [4.69, 9.17) is 4.74 Å². The largest absolute Gasteiger partial charge is 0.494 e. The highest BCUT2D eigenvalue weighted by Gasteiger charge is 2.21. The summed E-state index contributed by atoms with van der Waals surface area (Å²) in [6.45, 7) is 3.02. The summed E-state index contributed by atoms with van der Waals surface area (Å²) in [5, 5.41) is 3.45. The third-order valence-electron chi connectivity index (χ3n) is 3.03. The molecule has 1 N–H and O–H groups in total. The van der Waals surface area contributed by atoms with E-state index < -0.39 is 0 Å². The molecule has 0 heterocycles. The van der Waals surface area contributed by atoms with Crippen LogP contribution in [0.15, 0.2) is 18.2 Å². The molecule has 1 fully saturated rings. The second-order valence-electron chi connectivity index (χ2n) is 4.48. The lowest BCUT2D eigenvalue weighted by Gasteiger charge is -2.13. The minimum absolute atomic E-state index is 0.279. The fourth-order valence-electron chi connectivity index (χ4n) is 1.74. The minimum Gasteiger partial charge on any atom is -0.494 e. The molecular weight excluding hydrogens is 205 g/mol. The van der Waals surface area contributed by atoms with E-state index in [1.54, 1.807) is 12.1 Å². The molecule has 16 heavy (non-hydrogen) atoms. The van der Waals surface area contributed by atoms with E-state index in [9.17, 15) is 4.39 Å². The van der Waals surface area contributed by atoms with Gasteiger partial charge in [-0.05, 0) is 36.5 Å². The molecule has 1 aromatic carbocycles. The molecule has 1 aromatic rings. The Morgan fingerprint density at radius 1 is 1.50 bits per heavy atom. The molecule has 2 nitrogen and oxygen atoms in total. The van der Waals surface area contributed by atoms with Crippen molar-refractivity contribution in [2.45, 2.75) is 31.7 Å². The van der Waals surface area contributed by atoms with Crippen LogP contribution in [0.1, 0.15) is 31.2 Å². The van der Waals surface area contributed by atoms with Gasteiger partial charge < -0.3 is 10.1 Å². The number of ether oxygens (including phenoxy) is 1. The second-order valence-corrected chi connectivity index (χ2v) is 4.48. The van der Waals surface area contributed by atoms with Crippen molar-refractivity contribution in [3.05, 3.63) is 29.6 Å². The van der Waals surface area contributed by atoms with Crippen molar-refractivity contribution < 1.29 is 9.13 Å². The normalized spacial score (nSPS) is 17.2. The maximum atomic E-state index is 13.5. The summed E-state index contributed by atoms with van der Waals surface area (Å²) < 4.78 is 18.4. The van der Waals surface area contributed by atoms with Gasteiger partial charge in [0, 0.05) is 12.6 Å². The zero-order valence-corrected chi connectivity index (χ0v) is 9.79. The summed E-state index contributed by atoms with van der Waals surface area (Å²) >= 11 is 0. The zero-order chi connectivity index (χ0) is 11.5. The van der Waals surface area contributed by atoms with Crippen LogP contribution in [0.5, 0.6) is 5.75 Å². The summed E-state index contributed by atoms with van der Waals surface area (Å²) in [7, 11) is 1.48. The Balaban J connectivity index is 1.98. The fraction of sp³-hybridized carbons (Fsp3) is 0.538. The monoisotopic (exact) mass is 223 g/mol. The van der Waals surface area contributed by atoms with Crippen molar-refractivity contribution in [3.8, 4) is 5.75 Å². The first-order chi connectivity index (χ1) is 7.70. The predicted octanol–water partition coefficient (Wildman–Crippen LogP) is 2.69. The van der Waals surface area contributed by atoms with Gasteiger partial charge in [-0.25, -0.2) is 4.39 Å². The van der Waals surface area contributed by atoms with E-state index in [0.29, 0.717) is 17.7 Å². The number of halogens is 1. The Bertz CT molecular complexity index is 363. The molecule has 2 rings (SSSR count). The molecule has 0 aromatic heterocycles. The van der Waals surface area contributed by atoms with Gasteiger partial charge in [0.05, 0.1) is 7.11 Å². The summed E-state index contributed by atoms with van der Waals surface area (Å²) in [6.07, 6.45) is 2.56. The first-order valence-electron chi connectivity index (χ1n) is 5.77. The third-order valence-corrected chi connectivity index (χ3v) is 3.03. The molecule has 0 bridgehead atoms. The molecule has 1 aliphatic rings. The SMILES string of the molecule is COc1ccc(C(C)CNC2CC2)cc1F. The smallest absolute Gasteiger partial charge is 0.165 e. The van der Waals surface area contributed by atoms with Crippen LogP contribution in [0.2, 0.25) is 0 Å². The average molecular weight is 223 g/mol. The summed E-state index contributed by atoms with van der Waals surface area (Å²) in [4.78, 5) is 0. The molecule has 0 saturated heterocycles. The zero-order valence-electron chi connectivity index (χ0n) is 9.79. The Labute approximate surface area is 95.8 Å². The highest BCUT2D eigenvalue weighted by Crippen LogP contribution is 2.24. The maximum absolute atomic E-state index is 13.5. The Morgan fingerprint density at radius 3 is 2.81 bits per heavy atom. The van der Waals surface area contributed by atoms with Crippen LogP contribution >= 0.6 is 0 Å². The number of hydrogen-bond acceptors (Lipinski definition) is 2. The number of hydrogen-bond donors (Lipinski definition) is 1. The molecule has 0 spiro atoms. The van der Waals surface area contributed by atoms with Crippen LogP contribution in [0.25, 0.3) is 0 Å². The fourth-order valence-corrected chi connectivity index (χ4v) is 1.74. The van der Waals surface area contributed by atoms with Crippen LogP contribution in [0.3, 0.4) is 0 Å². The summed E-state index contributed by atoms with van der Waals surface area (Å²) in [6, 6.07) is 5.89. The topological polar surface area (TPSA) is 21.3 Å². The molecule has 3 heteroatoms. The van der Waals surface area contributed by atoms with Crippen LogP contribution in [-0.4, -0.2) is 19.7 Å². The molecule has 1 saturated carbocycles. The van der Waals surface area contributed by atoms with E-state index in [2.05, 4.69) is 12.2 Å². The van der Waals surface area contributed by atoms with Gasteiger partial charge in [0.1, 0.15) is 0 Å². The second kappa shape index (κ2) is 4.83. The number of benzene rings is 1. The van der Waals surface area contributed by atoms with Crippen LogP contribution in [0.4, 0.5) is 4.39 Å². The van der Waals surface area contributed by atoms with Gasteiger partial charge in [-0.3, -0.25) is 0 Å². The van der Waals surface area contributed by atoms with Crippen molar-refractivity contribution in [2.75, 3.05) is 13.7 Å². The standard InChI is InChI=1S/C13H18FNO/c1-9(8-15-11-4-5-11)10-3-6-13(16-2)12(14)7-10/h3,6-7,9,11,15H,4-5,8H2,1-2H3. The quantitative estimate of drug-likeness (QED) is 0.828. The Kier molecular flexibility index (Phi) is 3.44. The molecule has 0 radical (unpaired) electrons. The van der Waals surface area contributed by atoms with Gasteiger partial charge in [0.15, 0.2) is 11.6 Å². The lowest BCUT2D eigenvalue weighted by Crippen LogP contribution is -2.22. The number of methoxy groups -OCH3 is 1. The van der Waals surface area contributed by atoms with Crippen LogP contribution in [-0.2, 0) is 0 Å². The van der Waals surface area contributed by atoms with Crippen LogP contribution < -0.4 is 10.1 Å². The van der Waals surface area contributed by atoms with Crippen molar-refractivity contribution in [2.24, 2.45) is 0 Å². The van der Waals surface area contributed by atoms with E-state index in [0.717, 1.165) is 12.1 Å². The van der Waals surface area contributed by atoms with Crippen LogP contribution in [0, 0.1) is 5.82 Å². The molecule has 1 unspecified atom stereocenters. The average Bonchev–Trinajstić information content (AvgIpc) is 3.09. The Hall–Kier alpha value is -1.09. The first-order valence-corrected chi connectivity index (χ1v) is 5.77. The summed E-state index contributed by atoms with van der Waals surface area (Å²) in [5.74, 6) is 0.366. The highest BCUT2D eigenvalue weighted by molar-refractivity contribution is 5.31. The van der Waals surface area contributed by atoms with Gasteiger partial charge in [0.2, 0.25) is 0 Å². The molecule has 0 aliphatic heterocycles. The Morgan fingerprint density at radius 2 is 2.25 bits per heavy atom. The molecule has 0 amide bonds. The molecular formula is C13H18FNO. The van der Waals surface area contributed by atoms with Crippen molar-refractivity contribution in [1.82, 2.24) is 5.32 Å². The van der Waals surface area contributed by atoms with E-state index >= 15 is 0 Å². The number of rotatable bonds is 5. The highest BCUT2D eigenvalue weighted by atomic mass is 19.1. The third kappa shape index (κ3) is 2.73. The van der Waals surface area contributed by atoms with E-state index in [-0.39, 0.29) is 5.82 Å². The maximum Gasteiger partial charge on any atom is 0.165 e. The van der Waals surface area contributed by atoms with Crippen molar-refractivity contribution in [1.29, 1.82) is 0 Å². The first kappa shape index (κ1) is 11.4. The lowest BCUT2D eigenvalue weighted by atomic mass is 10.0. The number of nitrogens with one attached hydrogen (secondary N) is 1. The molecule has 1 aliphatic carbocycles. The molecule has 88 valence electrons. The van der Waals surface area contributed by atoms with Gasteiger partial charge in [-0.15, -0.1) is 0 Å². The minimum atomic E-state index is -0.279. The van der Waals surface area contributed by atoms with Gasteiger partial charge in [-0.2, -0.15) is 0 Å². The van der Waals surface area contributed by atoms with Gasteiger partial charge >= 0.3 is 0 Å². The lowest BCUT2D eigenvalue weighted by molar-refractivity contribution is 0.386. The summed E-state index contributed by atoms with van der Waals surface area (Å²) in [5.41, 5.74) is 1.02. The van der Waals surface area contributed by atoms with E-state index in [1.165, 1.54) is 20.0 Å². The van der Waals surface area contributed by atoms with E-state index in [1.807, 2.05) is 6.07 Å². The van der Waals surface area contributed by atoms with Gasteiger partial charge in [-0.1, -0.05) is 13.0 Å². The van der Waals surface area contributed by atoms with Gasteiger partial charge in [0.25, 0.3) is 0 Å². The van der Waals surface area contributed by atoms with Crippen molar-refractivity contribution >= 4 is 0 Å².